The van der Waals surface area contributed by atoms with Gasteiger partial charge in [0.2, 0.25) is 5.91 Å². The number of anilines is 1. The van der Waals surface area contributed by atoms with Gasteiger partial charge in [0.15, 0.2) is 6.10 Å². The Bertz CT molecular complexity index is 590. The van der Waals surface area contributed by atoms with Crippen LogP contribution < -0.4 is 20.7 Å². The first-order valence-electron chi connectivity index (χ1n) is 8.03. The van der Waals surface area contributed by atoms with Crippen molar-refractivity contribution >= 4 is 29.9 Å². The van der Waals surface area contributed by atoms with E-state index in [1.54, 1.807) is 19.1 Å². The summed E-state index contributed by atoms with van der Waals surface area (Å²) in [5, 5.41) is 2.84. The van der Waals surface area contributed by atoms with Crippen LogP contribution in [0.3, 0.4) is 0 Å². The van der Waals surface area contributed by atoms with Crippen molar-refractivity contribution in [2.75, 3.05) is 18.0 Å². The first-order valence-corrected chi connectivity index (χ1v) is 8.03. The van der Waals surface area contributed by atoms with Gasteiger partial charge in [-0.25, -0.2) is 0 Å². The Hall–Kier alpha value is -1.79. The summed E-state index contributed by atoms with van der Waals surface area (Å²) in [7, 11) is 0. The highest BCUT2D eigenvalue weighted by atomic mass is 35.5. The molecule has 2 amide bonds. The van der Waals surface area contributed by atoms with Gasteiger partial charge in [-0.3, -0.25) is 14.5 Å². The molecule has 0 aliphatic carbocycles. The third-order valence-corrected chi connectivity index (χ3v) is 4.42. The maximum Gasteiger partial charge on any atom is 0.268 e. The number of ether oxygens (including phenoxy) is 1. The molecule has 24 heavy (non-hydrogen) atoms. The van der Waals surface area contributed by atoms with Crippen molar-refractivity contribution in [3.8, 4) is 5.75 Å². The molecule has 0 saturated carbocycles. The fourth-order valence-corrected chi connectivity index (χ4v) is 2.50. The van der Waals surface area contributed by atoms with Crippen molar-refractivity contribution in [3.63, 3.8) is 0 Å². The summed E-state index contributed by atoms with van der Waals surface area (Å²) in [5.41, 5.74) is 6.40. The fourth-order valence-electron chi connectivity index (χ4n) is 2.50. The SMILES string of the molecule is CCC(N)(CC)CNC(=O)CN1C(=O)C(C)Oc2ccccc21.Cl. The molecule has 1 aromatic rings. The number of nitrogens with zero attached hydrogens (tertiary/aromatic N) is 1. The van der Waals surface area contributed by atoms with Gasteiger partial charge in [0.05, 0.1) is 5.69 Å². The third kappa shape index (κ3) is 4.39. The number of fused-ring (bicyclic) bond motifs is 1. The van der Waals surface area contributed by atoms with Crippen LogP contribution in [0, 0.1) is 0 Å². The van der Waals surface area contributed by atoms with Crippen molar-refractivity contribution in [1.82, 2.24) is 5.32 Å². The quantitative estimate of drug-likeness (QED) is 0.815. The fraction of sp³-hybridized carbons (Fsp3) is 0.529. The molecule has 0 radical (unpaired) electrons. The molecule has 0 aromatic heterocycles. The molecule has 7 heteroatoms. The maximum atomic E-state index is 12.3. The third-order valence-electron chi connectivity index (χ3n) is 4.42. The Balaban J connectivity index is 0.00000288. The summed E-state index contributed by atoms with van der Waals surface area (Å²) in [6.45, 7) is 6.04. The average molecular weight is 356 g/mol. The smallest absolute Gasteiger partial charge is 0.268 e. The summed E-state index contributed by atoms with van der Waals surface area (Å²) in [6.07, 6.45) is 0.956. The van der Waals surface area contributed by atoms with Crippen molar-refractivity contribution in [2.45, 2.75) is 45.3 Å². The van der Waals surface area contributed by atoms with E-state index in [1.165, 1.54) is 4.90 Å². The van der Waals surface area contributed by atoms with Gasteiger partial charge in [0.25, 0.3) is 5.91 Å². The molecule has 1 aromatic carbocycles. The molecule has 1 aliphatic heterocycles. The highest BCUT2D eigenvalue weighted by Gasteiger charge is 2.32. The van der Waals surface area contributed by atoms with Crippen LogP contribution in [0.15, 0.2) is 24.3 Å². The number of carbonyl (C=O) groups is 2. The van der Waals surface area contributed by atoms with Crippen LogP contribution in [0.4, 0.5) is 5.69 Å². The second-order valence-corrected chi connectivity index (χ2v) is 6.00. The number of hydrogen-bond acceptors (Lipinski definition) is 4. The van der Waals surface area contributed by atoms with Crippen LogP contribution in [0.2, 0.25) is 0 Å². The lowest BCUT2D eigenvalue weighted by Gasteiger charge is -2.33. The molecule has 0 fully saturated rings. The molecular formula is C17H26ClN3O3. The van der Waals surface area contributed by atoms with Crippen molar-refractivity contribution in [1.29, 1.82) is 0 Å². The molecule has 0 bridgehead atoms. The summed E-state index contributed by atoms with van der Waals surface area (Å²) in [6, 6.07) is 7.22. The van der Waals surface area contributed by atoms with Crippen molar-refractivity contribution < 1.29 is 14.3 Å². The number of amides is 2. The van der Waals surface area contributed by atoms with Crippen LogP contribution in [-0.4, -0.2) is 36.5 Å². The van der Waals surface area contributed by atoms with Gasteiger partial charge in [-0.05, 0) is 31.9 Å². The Morgan fingerprint density at radius 3 is 2.58 bits per heavy atom. The van der Waals surface area contributed by atoms with E-state index >= 15 is 0 Å². The molecule has 1 heterocycles. The molecule has 134 valence electrons. The molecule has 1 aliphatic rings. The zero-order chi connectivity index (χ0) is 17.0. The van der Waals surface area contributed by atoms with Gasteiger partial charge in [-0.15, -0.1) is 12.4 Å². The summed E-state index contributed by atoms with van der Waals surface area (Å²) in [5.74, 6) is 0.172. The van der Waals surface area contributed by atoms with E-state index in [-0.39, 0.29) is 30.8 Å². The van der Waals surface area contributed by atoms with Gasteiger partial charge in [0.1, 0.15) is 12.3 Å². The predicted octanol–water partition coefficient (Wildman–Crippen LogP) is 1.86. The molecule has 1 atom stereocenters. The van der Waals surface area contributed by atoms with E-state index in [0.717, 1.165) is 12.8 Å². The summed E-state index contributed by atoms with van der Waals surface area (Å²) >= 11 is 0. The standard InChI is InChI=1S/C17H25N3O3.ClH/c1-4-17(18,5-2)11-19-15(21)10-20-13-8-6-7-9-14(13)23-12(3)16(20)22;/h6-9,12H,4-5,10-11,18H2,1-3H3,(H,19,21);1H. The Morgan fingerprint density at radius 2 is 1.96 bits per heavy atom. The Morgan fingerprint density at radius 1 is 1.33 bits per heavy atom. The molecule has 1 unspecified atom stereocenters. The van der Waals surface area contributed by atoms with Gasteiger partial charge < -0.3 is 15.8 Å². The lowest BCUT2D eigenvalue weighted by atomic mass is 9.94. The van der Waals surface area contributed by atoms with Crippen LogP contribution in [-0.2, 0) is 9.59 Å². The maximum absolute atomic E-state index is 12.3. The summed E-state index contributed by atoms with van der Waals surface area (Å²) < 4.78 is 5.56. The number of nitrogens with one attached hydrogen (secondary N) is 1. The van der Waals surface area contributed by atoms with E-state index in [4.69, 9.17) is 10.5 Å². The van der Waals surface area contributed by atoms with Gasteiger partial charge in [0, 0.05) is 12.1 Å². The topological polar surface area (TPSA) is 84.7 Å². The number of nitrogens with two attached hydrogens (primary N) is 1. The molecule has 0 spiro atoms. The molecule has 0 saturated heterocycles. The molecule has 2 rings (SSSR count). The van der Waals surface area contributed by atoms with Crippen molar-refractivity contribution in [2.24, 2.45) is 5.73 Å². The minimum atomic E-state index is -0.599. The van der Waals surface area contributed by atoms with E-state index in [1.807, 2.05) is 26.0 Å². The highest BCUT2D eigenvalue weighted by molar-refractivity contribution is 6.03. The van der Waals surface area contributed by atoms with Crippen LogP contribution in [0.25, 0.3) is 0 Å². The zero-order valence-corrected chi connectivity index (χ0v) is 15.2. The number of halogens is 1. The lowest BCUT2D eigenvalue weighted by molar-refractivity contribution is -0.128. The second-order valence-electron chi connectivity index (χ2n) is 6.00. The number of rotatable bonds is 6. The van der Waals surface area contributed by atoms with Gasteiger partial charge in [-0.2, -0.15) is 0 Å². The number of hydrogen-bond donors (Lipinski definition) is 2. The minimum Gasteiger partial charge on any atom is -0.479 e. The van der Waals surface area contributed by atoms with E-state index in [9.17, 15) is 9.59 Å². The first kappa shape index (κ1) is 20.3. The number of benzene rings is 1. The van der Waals surface area contributed by atoms with Gasteiger partial charge in [-0.1, -0.05) is 26.0 Å². The van der Waals surface area contributed by atoms with E-state index in [0.29, 0.717) is 18.0 Å². The van der Waals surface area contributed by atoms with Crippen LogP contribution in [0.5, 0.6) is 5.75 Å². The second kappa shape index (κ2) is 8.35. The predicted molar refractivity (Wildman–Crippen MR) is 96.6 cm³/mol. The molecular weight excluding hydrogens is 330 g/mol. The van der Waals surface area contributed by atoms with Gasteiger partial charge >= 0.3 is 0 Å². The lowest BCUT2D eigenvalue weighted by Crippen LogP contribution is -2.53. The van der Waals surface area contributed by atoms with Crippen molar-refractivity contribution in [3.05, 3.63) is 24.3 Å². The molecule has 6 nitrogen and oxygen atoms in total. The average Bonchev–Trinajstić information content (AvgIpc) is 2.56. The Labute approximate surface area is 149 Å². The zero-order valence-electron chi connectivity index (χ0n) is 14.4. The van der Waals surface area contributed by atoms with Crippen LogP contribution >= 0.6 is 12.4 Å². The normalized spacial score (nSPS) is 16.8. The largest absolute Gasteiger partial charge is 0.479 e. The number of carbonyl (C=O) groups excluding carboxylic acids is 2. The van der Waals surface area contributed by atoms with E-state index in [2.05, 4.69) is 5.32 Å². The monoisotopic (exact) mass is 355 g/mol. The minimum absolute atomic E-state index is 0. The summed E-state index contributed by atoms with van der Waals surface area (Å²) in [4.78, 5) is 26.1. The van der Waals surface area contributed by atoms with Crippen LogP contribution in [0.1, 0.15) is 33.6 Å². The first-order chi connectivity index (χ1) is 10.9. The molecule has 3 N–H and O–H groups in total. The number of para-hydroxylation sites is 2. The van der Waals surface area contributed by atoms with E-state index < -0.39 is 11.6 Å². The Kier molecular flexibility index (Phi) is 7.05. The highest BCUT2D eigenvalue weighted by Crippen LogP contribution is 2.33.